The second-order valence-electron chi connectivity index (χ2n) is 7.89. The number of hydrogen-bond donors (Lipinski definition) is 4. The molecule has 4 N–H and O–H groups in total. The van der Waals surface area contributed by atoms with Gasteiger partial charge < -0.3 is 25.7 Å². The standard InChI is InChI=1S/C20H31N3O.C2H2O4/c24-20(16-21-15-17-7-3-1-4-8-17)22-18-9-11-19(12-10-18)23-13-5-2-6-14-23;3-1(4)2(5)6/h9-12,17,21H,1-8,13-16H2,(H,22,24);(H,3,4)(H,5,6). The van der Waals surface area contributed by atoms with Crippen molar-refractivity contribution in [3.63, 3.8) is 0 Å². The topological polar surface area (TPSA) is 119 Å². The molecule has 0 bridgehead atoms. The van der Waals surface area contributed by atoms with Crippen molar-refractivity contribution in [3.05, 3.63) is 24.3 Å². The number of anilines is 2. The van der Waals surface area contributed by atoms with E-state index in [1.807, 2.05) is 12.1 Å². The van der Waals surface area contributed by atoms with Crippen molar-refractivity contribution in [1.82, 2.24) is 5.32 Å². The van der Waals surface area contributed by atoms with Gasteiger partial charge in [-0.15, -0.1) is 0 Å². The van der Waals surface area contributed by atoms with Crippen LogP contribution >= 0.6 is 0 Å². The molecule has 8 nitrogen and oxygen atoms in total. The molecule has 1 aliphatic heterocycles. The van der Waals surface area contributed by atoms with E-state index in [0.29, 0.717) is 6.54 Å². The average Bonchev–Trinajstić information content (AvgIpc) is 2.76. The van der Waals surface area contributed by atoms with Crippen LogP contribution in [-0.2, 0) is 14.4 Å². The molecule has 1 saturated heterocycles. The van der Waals surface area contributed by atoms with Crippen LogP contribution in [0.1, 0.15) is 51.4 Å². The van der Waals surface area contributed by atoms with Crippen LogP contribution in [0.2, 0.25) is 0 Å². The minimum atomic E-state index is -1.82. The van der Waals surface area contributed by atoms with Gasteiger partial charge >= 0.3 is 11.9 Å². The highest BCUT2D eigenvalue weighted by atomic mass is 16.4. The molecule has 1 aromatic carbocycles. The van der Waals surface area contributed by atoms with Gasteiger partial charge in [0.2, 0.25) is 5.91 Å². The lowest BCUT2D eigenvalue weighted by atomic mass is 9.89. The Bertz CT molecular complexity index is 669. The zero-order valence-corrected chi connectivity index (χ0v) is 17.4. The first kappa shape index (κ1) is 23.7. The maximum absolute atomic E-state index is 12.1. The van der Waals surface area contributed by atoms with Gasteiger partial charge in [0.05, 0.1) is 6.54 Å². The molecule has 1 aliphatic carbocycles. The van der Waals surface area contributed by atoms with Crippen LogP contribution in [0, 0.1) is 5.92 Å². The predicted molar refractivity (Wildman–Crippen MR) is 116 cm³/mol. The number of aliphatic carboxylic acids is 2. The van der Waals surface area contributed by atoms with E-state index in [4.69, 9.17) is 19.8 Å². The Morgan fingerprint density at radius 2 is 1.43 bits per heavy atom. The monoisotopic (exact) mass is 419 g/mol. The zero-order chi connectivity index (χ0) is 21.8. The maximum Gasteiger partial charge on any atom is 0.414 e. The average molecular weight is 420 g/mol. The lowest BCUT2D eigenvalue weighted by molar-refractivity contribution is -0.159. The summed E-state index contributed by atoms with van der Waals surface area (Å²) >= 11 is 0. The number of benzene rings is 1. The normalized spacial score (nSPS) is 16.9. The molecular weight excluding hydrogens is 386 g/mol. The molecule has 0 radical (unpaired) electrons. The highest BCUT2D eigenvalue weighted by Gasteiger charge is 2.14. The van der Waals surface area contributed by atoms with Gasteiger partial charge in [-0.2, -0.15) is 0 Å². The van der Waals surface area contributed by atoms with Crippen LogP contribution < -0.4 is 15.5 Å². The minimum absolute atomic E-state index is 0.0523. The first-order valence-corrected chi connectivity index (χ1v) is 10.8. The Labute approximate surface area is 177 Å². The summed E-state index contributed by atoms with van der Waals surface area (Å²) in [6, 6.07) is 8.28. The van der Waals surface area contributed by atoms with E-state index in [0.717, 1.165) is 31.2 Å². The van der Waals surface area contributed by atoms with Crippen molar-refractivity contribution in [2.24, 2.45) is 5.92 Å². The summed E-state index contributed by atoms with van der Waals surface area (Å²) in [5.74, 6) is -2.84. The number of nitrogens with one attached hydrogen (secondary N) is 2. The molecule has 0 atom stereocenters. The highest BCUT2D eigenvalue weighted by molar-refractivity contribution is 6.27. The number of piperidine rings is 1. The van der Waals surface area contributed by atoms with Gasteiger partial charge in [-0.25, -0.2) is 9.59 Å². The number of hydrogen-bond acceptors (Lipinski definition) is 5. The van der Waals surface area contributed by atoms with E-state index < -0.39 is 11.9 Å². The smallest absolute Gasteiger partial charge is 0.414 e. The lowest BCUT2D eigenvalue weighted by Gasteiger charge is -2.28. The van der Waals surface area contributed by atoms with Gasteiger partial charge in [0.1, 0.15) is 0 Å². The first-order chi connectivity index (χ1) is 14.5. The molecule has 8 heteroatoms. The van der Waals surface area contributed by atoms with Crippen LogP contribution in [0.3, 0.4) is 0 Å². The van der Waals surface area contributed by atoms with Crippen molar-refractivity contribution in [2.45, 2.75) is 51.4 Å². The fraction of sp³-hybridized carbons (Fsp3) is 0.591. The molecule has 1 aromatic rings. The quantitative estimate of drug-likeness (QED) is 0.524. The molecule has 30 heavy (non-hydrogen) atoms. The number of carbonyl (C=O) groups excluding carboxylic acids is 1. The van der Waals surface area contributed by atoms with Crippen LogP contribution in [0.5, 0.6) is 0 Å². The van der Waals surface area contributed by atoms with Crippen LogP contribution in [-0.4, -0.2) is 54.2 Å². The van der Waals surface area contributed by atoms with Gasteiger partial charge in [-0.3, -0.25) is 4.79 Å². The van der Waals surface area contributed by atoms with E-state index in [1.54, 1.807) is 0 Å². The second-order valence-corrected chi connectivity index (χ2v) is 7.89. The van der Waals surface area contributed by atoms with E-state index in [-0.39, 0.29) is 5.91 Å². The van der Waals surface area contributed by atoms with Gasteiger partial charge in [0.15, 0.2) is 0 Å². The summed E-state index contributed by atoms with van der Waals surface area (Å²) in [6.45, 7) is 3.68. The SMILES string of the molecule is O=C(CNCC1CCCCC1)Nc1ccc(N2CCCCC2)cc1.O=C(O)C(=O)O. The molecule has 2 aliphatic rings. The Morgan fingerprint density at radius 1 is 0.867 bits per heavy atom. The summed E-state index contributed by atoms with van der Waals surface area (Å²) in [6.07, 6.45) is 10.6. The van der Waals surface area contributed by atoms with E-state index >= 15 is 0 Å². The predicted octanol–water partition coefficient (Wildman–Crippen LogP) is 2.94. The third kappa shape index (κ3) is 8.82. The van der Waals surface area contributed by atoms with E-state index in [1.165, 1.54) is 57.1 Å². The summed E-state index contributed by atoms with van der Waals surface area (Å²) in [5.41, 5.74) is 2.16. The van der Waals surface area contributed by atoms with Crippen LogP contribution in [0.4, 0.5) is 11.4 Å². The largest absolute Gasteiger partial charge is 0.473 e. The van der Waals surface area contributed by atoms with Crippen molar-refractivity contribution in [2.75, 3.05) is 36.4 Å². The Balaban J connectivity index is 0.000000469. The van der Waals surface area contributed by atoms with Crippen molar-refractivity contribution >= 4 is 29.2 Å². The van der Waals surface area contributed by atoms with Crippen LogP contribution in [0.25, 0.3) is 0 Å². The second kappa shape index (κ2) is 12.8. The van der Waals surface area contributed by atoms with Gasteiger partial charge in [-0.05, 0) is 68.8 Å². The summed E-state index contributed by atoms with van der Waals surface area (Å²) < 4.78 is 0. The van der Waals surface area contributed by atoms with Crippen molar-refractivity contribution in [1.29, 1.82) is 0 Å². The Kier molecular flexibility index (Phi) is 10.1. The molecule has 0 unspecified atom stereocenters. The molecule has 1 heterocycles. The number of nitrogens with zero attached hydrogens (tertiary/aromatic N) is 1. The molecule has 166 valence electrons. The molecular formula is C22H33N3O5. The Hall–Kier alpha value is -2.61. The number of rotatable bonds is 6. The molecule has 2 fully saturated rings. The van der Waals surface area contributed by atoms with Crippen molar-refractivity contribution < 1.29 is 24.6 Å². The van der Waals surface area contributed by atoms with Crippen LogP contribution in [0.15, 0.2) is 24.3 Å². The van der Waals surface area contributed by atoms with Crippen molar-refractivity contribution in [3.8, 4) is 0 Å². The highest BCUT2D eigenvalue weighted by Crippen LogP contribution is 2.23. The minimum Gasteiger partial charge on any atom is -0.473 e. The fourth-order valence-corrected chi connectivity index (χ4v) is 3.89. The summed E-state index contributed by atoms with van der Waals surface area (Å²) in [4.78, 5) is 32.7. The lowest BCUT2D eigenvalue weighted by Crippen LogP contribution is -2.32. The third-order valence-electron chi connectivity index (χ3n) is 5.50. The van der Waals surface area contributed by atoms with Gasteiger partial charge in [-0.1, -0.05) is 19.3 Å². The molecule has 1 saturated carbocycles. The molecule has 0 aromatic heterocycles. The van der Waals surface area contributed by atoms with E-state index in [9.17, 15) is 4.79 Å². The summed E-state index contributed by atoms with van der Waals surface area (Å²) in [7, 11) is 0. The molecule has 3 rings (SSSR count). The van der Waals surface area contributed by atoms with Gasteiger partial charge in [0.25, 0.3) is 0 Å². The zero-order valence-electron chi connectivity index (χ0n) is 17.4. The Morgan fingerprint density at radius 3 is 2.00 bits per heavy atom. The molecule has 1 amide bonds. The number of amides is 1. The number of carboxylic acids is 2. The molecule has 0 spiro atoms. The number of carbonyl (C=O) groups is 3. The third-order valence-corrected chi connectivity index (χ3v) is 5.50. The number of carboxylic acid groups (broad SMARTS) is 2. The first-order valence-electron chi connectivity index (χ1n) is 10.8. The van der Waals surface area contributed by atoms with E-state index in [2.05, 4.69) is 27.7 Å². The maximum atomic E-state index is 12.1. The fourth-order valence-electron chi connectivity index (χ4n) is 3.89. The van der Waals surface area contributed by atoms with Gasteiger partial charge in [0, 0.05) is 24.5 Å². The summed E-state index contributed by atoms with van der Waals surface area (Å²) in [5, 5.41) is 21.1.